The number of nitro benzene ring substituents is 1. The van der Waals surface area contributed by atoms with Gasteiger partial charge < -0.3 is 19.7 Å². The van der Waals surface area contributed by atoms with Gasteiger partial charge in [0, 0.05) is 57.5 Å². The normalized spacial score (nSPS) is 22.0. The van der Waals surface area contributed by atoms with Crippen LogP contribution in [-0.4, -0.2) is 69.0 Å². The summed E-state index contributed by atoms with van der Waals surface area (Å²) < 4.78 is 54.2. The highest BCUT2D eigenvalue weighted by molar-refractivity contribution is 7.90. The lowest BCUT2D eigenvalue weighted by atomic mass is 9.62. The Hall–Kier alpha value is -3.85. The van der Waals surface area contributed by atoms with E-state index in [0.29, 0.717) is 39.1 Å². The number of carbonyl (C=O) groups is 2. The van der Waals surface area contributed by atoms with E-state index in [0.717, 1.165) is 50.1 Å². The highest BCUT2D eigenvalue weighted by atomic mass is 32.2. The average molecular weight is 604 g/mol. The molecular weight excluding hydrogens is 573 g/mol. The van der Waals surface area contributed by atoms with Gasteiger partial charge in [-0.3, -0.25) is 19.7 Å². The number of aromatic nitrogens is 1. The number of nitro groups is 1. The second-order valence-corrected chi connectivity index (χ2v) is 13.1. The number of ether oxygens (including phenoxy) is 2. The maximum atomic E-state index is 15.0. The van der Waals surface area contributed by atoms with E-state index in [-0.39, 0.29) is 52.6 Å². The molecule has 3 fully saturated rings. The van der Waals surface area contributed by atoms with Crippen molar-refractivity contribution in [2.24, 2.45) is 11.3 Å². The third-order valence-corrected chi connectivity index (χ3v) is 10.0. The predicted octanol–water partition coefficient (Wildman–Crippen LogP) is 2.80. The van der Waals surface area contributed by atoms with Crippen LogP contribution in [0.25, 0.3) is 0 Å². The summed E-state index contributed by atoms with van der Waals surface area (Å²) in [6.07, 6.45) is 5.19. The van der Waals surface area contributed by atoms with Crippen LogP contribution in [0.2, 0.25) is 0 Å². The Morgan fingerprint density at radius 2 is 1.90 bits per heavy atom. The first-order valence-corrected chi connectivity index (χ1v) is 15.3. The molecule has 3 aliphatic heterocycles. The Bertz CT molecular complexity index is 1540. The summed E-state index contributed by atoms with van der Waals surface area (Å²) in [5.74, 6) is -1.49. The molecule has 0 bridgehead atoms. The number of fused-ring (bicyclic) bond motifs is 1. The Morgan fingerprint density at radius 1 is 1.19 bits per heavy atom. The van der Waals surface area contributed by atoms with Gasteiger partial charge in [-0.15, -0.1) is 0 Å². The number of benzene rings is 1. The van der Waals surface area contributed by atoms with Gasteiger partial charge in [-0.1, -0.05) is 0 Å². The molecule has 224 valence electrons. The first-order valence-electron chi connectivity index (χ1n) is 13.8. The van der Waals surface area contributed by atoms with Gasteiger partial charge in [-0.25, -0.2) is 22.5 Å². The number of hydrogen-bond donors (Lipinski definition) is 2. The van der Waals surface area contributed by atoms with Gasteiger partial charge >= 0.3 is 0 Å². The number of hydrogen-bond acceptors (Lipinski definition) is 11. The highest BCUT2D eigenvalue weighted by Gasteiger charge is 2.45. The van der Waals surface area contributed by atoms with Crippen molar-refractivity contribution in [2.45, 2.75) is 49.5 Å². The largest absolute Gasteiger partial charge is 0.489 e. The minimum atomic E-state index is -4.61. The van der Waals surface area contributed by atoms with Crippen molar-refractivity contribution in [3.63, 3.8) is 0 Å². The molecule has 2 saturated heterocycles. The smallest absolute Gasteiger partial charge is 0.297 e. The zero-order valence-electron chi connectivity index (χ0n) is 22.6. The number of pyridine rings is 1. The van der Waals surface area contributed by atoms with E-state index in [1.165, 1.54) is 0 Å². The number of nitrogens with one attached hydrogen (secondary N) is 2. The number of piperidine rings is 1. The van der Waals surface area contributed by atoms with Crippen LogP contribution < -0.4 is 19.7 Å². The molecule has 1 aromatic carbocycles. The van der Waals surface area contributed by atoms with Crippen molar-refractivity contribution in [3.05, 3.63) is 45.9 Å². The summed E-state index contributed by atoms with van der Waals surface area (Å²) in [5, 5.41) is 15.0. The van der Waals surface area contributed by atoms with Crippen LogP contribution in [0.3, 0.4) is 0 Å². The van der Waals surface area contributed by atoms with Crippen LogP contribution in [0.15, 0.2) is 29.3 Å². The number of carbonyl (C=O) groups excluding carboxylic acids is 2. The Labute approximate surface area is 241 Å². The number of nitrogens with zero attached hydrogens (tertiary/aromatic N) is 3. The van der Waals surface area contributed by atoms with Crippen LogP contribution in [0, 0.1) is 27.3 Å². The Morgan fingerprint density at radius 3 is 2.55 bits per heavy atom. The lowest BCUT2D eigenvalue weighted by Gasteiger charge is -2.47. The van der Waals surface area contributed by atoms with Gasteiger partial charge in [-0.2, -0.15) is 0 Å². The predicted molar refractivity (Wildman–Crippen MR) is 147 cm³/mol. The molecule has 6 rings (SSSR count). The van der Waals surface area contributed by atoms with E-state index in [2.05, 4.69) is 10.3 Å². The van der Waals surface area contributed by atoms with Crippen LogP contribution in [0.1, 0.15) is 48.9 Å². The summed E-state index contributed by atoms with van der Waals surface area (Å²) in [7, 11) is -4.61. The second-order valence-electron chi connectivity index (χ2n) is 11.4. The molecule has 0 unspecified atom stereocenters. The van der Waals surface area contributed by atoms with Crippen molar-refractivity contribution in [1.82, 2.24) is 9.71 Å². The quantitative estimate of drug-likeness (QED) is 0.368. The minimum Gasteiger partial charge on any atom is -0.489 e. The van der Waals surface area contributed by atoms with Crippen LogP contribution in [-0.2, 0) is 19.6 Å². The summed E-state index contributed by atoms with van der Waals surface area (Å²) in [6.45, 7) is 2.37. The molecular formula is C27H30FN5O8S. The van der Waals surface area contributed by atoms with Crippen molar-refractivity contribution < 1.29 is 36.8 Å². The Balaban J connectivity index is 1.16. The molecule has 1 aliphatic carbocycles. The molecule has 42 heavy (non-hydrogen) atoms. The molecule has 4 heterocycles. The molecule has 4 aliphatic rings. The highest BCUT2D eigenvalue weighted by Crippen LogP contribution is 2.47. The fourth-order valence-electron chi connectivity index (χ4n) is 6.27. The molecule has 13 nitrogen and oxygen atoms in total. The van der Waals surface area contributed by atoms with E-state index in [9.17, 15) is 28.1 Å². The minimum absolute atomic E-state index is 0.00235. The van der Waals surface area contributed by atoms with Crippen LogP contribution in [0.4, 0.5) is 21.6 Å². The summed E-state index contributed by atoms with van der Waals surface area (Å²) in [4.78, 5) is 40.7. The summed E-state index contributed by atoms with van der Waals surface area (Å²) in [5.41, 5.74) is -0.772. The average Bonchev–Trinajstić information content (AvgIpc) is 2.96. The van der Waals surface area contributed by atoms with Crippen molar-refractivity contribution in [1.29, 1.82) is 0 Å². The standard InChI is InChI=1S/C27H30FN5O8S/c28-20-9-17(14-29-25(20)32-5-3-27(4-6-32)12-18(34)13-27)26(35)31-42(38,39)19-10-22(33(36)37)24-23(11-19)41-15-21(30-24)16-1-7-40-8-2-16/h9-11,14,16,21,30H,1-8,12-13,15H2,(H,31,35)/t21-/m0/s1. The van der Waals surface area contributed by atoms with Crippen molar-refractivity contribution >= 4 is 38.9 Å². The van der Waals surface area contributed by atoms with Gasteiger partial charge in [-0.05, 0) is 43.1 Å². The lowest BCUT2D eigenvalue weighted by Crippen LogP contribution is -2.47. The number of amides is 1. The van der Waals surface area contributed by atoms with Crippen LogP contribution >= 0.6 is 0 Å². The van der Waals surface area contributed by atoms with E-state index < -0.39 is 37.3 Å². The SMILES string of the molecule is O=C1CC2(CCN(c3ncc(C(=O)NS(=O)(=O)c4cc5c(c([N+](=O)[O-])c4)N[C@H](C4CCOCC4)CO5)cc3F)CC2)C1. The first-order chi connectivity index (χ1) is 20.0. The monoisotopic (exact) mass is 603 g/mol. The Kier molecular flexibility index (Phi) is 7.25. The molecule has 1 amide bonds. The molecule has 1 aromatic heterocycles. The van der Waals surface area contributed by atoms with E-state index in [4.69, 9.17) is 9.47 Å². The van der Waals surface area contributed by atoms with Gasteiger partial charge in [0.2, 0.25) is 0 Å². The van der Waals surface area contributed by atoms with Gasteiger partial charge in [0.05, 0.1) is 21.4 Å². The zero-order valence-corrected chi connectivity index (χ0v) is 23.5. The first kappa shape index (κ1) is 28.3. The number of halogens is 1. The fraction of sp³-hybridized carbons (Fsp3) is 0.519. The van der Waals surface area contributed by atoms with E-state index in [1.54, 1.807) is 4.90 Å². The third-order valence-electron chi connectivity index (χ3n) is 8.72. The lowest BCUT2D eigenvalue weighted by molar-refractivity contribution is -0.384. The third kappa shape index (κ3) is 5.38. The molecule has 2 N–H and O–H groups in total. The van der Waals surface area contributed by atoms with E-state index >= 15 is 4.39 Å². The molecule has 1 spiro atoms. The van der Waals surface area contributed by atoms with Gasteiger partial charge in [0.25, 0.3) is 21.6 Å². The molecule has 0 radical (unpaired) electrons. The van der Waals surface area contributed by atoms with Gasteiger partial charge in [0.15, 0.2) is 23.1 Å². The molecule has 2 aromatic rings. The van der Waals surface area contributed by atoms with E-state index in [1.807, 2.05) is 4.72 Å². The number of Topliss-reactive ketones (excluding diaryl/α,β-unsaturated/α-hetero) is 1. The maximum Gasteiger partial charge on any atom is 0.297 e. The summed E-state index contributed by atoms with van der Waals surface area (Å²) in [6, 6.07) is 2.67. The number of anilines is 2. The molecule has 1 saturated carbocycles. The second kappa shape index (κ2) is 10.8. The molecule has 15 heteroatoms. The number of ketones is 1. The maximum absolute atomic E-state index is 15.0. The fourth-order valence-corrected chi connectivity index (χ4v) is 7.28. The zero-order chi connectivity index (χ0) is 29.6. The van der Waals surface area contributed by atoms with Gasteiger partial charge in [0.1, 0.15) is 12.4 Å². The topological polar surface area (TPSA) is 170 Å². The van der Waals surface area contributed by atoms with Crippen molar-refractivity contribution in [3.8, 4) is 5.75 Å². The summed E-state index contributed by atoms with van der Waals surface area (Å²) >= 11 is 0. The number of rotatable bonds is 6. The molecule has 1 atom stereocenters. The number of sulfonamides is 1. The van der Waals surface area contributed by atoms with Crippen LogP contribution in [0.5, 0.6) is 5.75 Å². The van der Waals surface area contributed by atoms with Crippen molar-refractivity contribution in [2.75, 3.05) is 43.1 Å².